The Morgan fingerprint density at radius 3 is 1.65 bits per heavy atom. The zero-order valence-corrected chi connectivity index (χ0v) is 17.4. The lowest BCUT2D eigenvalue weighted by Gasteiger charge is -2.05. The molecule has 0 rings (SSSR count). The number of ether oxygens (including phenoxy) is 1. The summed E-state index contributed by atoms with van der Waals surface area (Å²) in [5.41, 5.74) is 0.789. The molecule has 150 valence electrons. The molecule has 0 unspecified atom stereocenters. The van der Waals surface area contributed by atoms with Crippen LogP contribution in [0.5, 0.6) is 0 Å². The van der Waals surface area contributed by atoms with Crippen molar-refractivity contribution in [3.63, 3.8) is 0 Å². The van der Waals surface area contributed by atoms with Gasteiger partial charge in [-0.2, -0.15) is 5.26 Å². The first-order chi connectivity index (χ1) is 12.7. The van der Waals surface area contributed by atoms with Crippen LogP contribution in [0.15, 0.2) is 11.6 Å². The second kappa shape index (κ2) is 20.0. The number of hydrogen-bond acceptors (Lipinski definition) is 3. The van der Waals surface area contributed by atoms with Gasteiger partial charge in [0.05, 0.1) is 6.07 Å². The highest BCUT2D eigenvalue weighted by Crippen LogP contribution is 2.13. The van der Waals surface area contributed by atoms with Crippen LogP contribution in [0, 0.1) is 11.3 Å². The van der Waals surface area contributed by atoms with Crippen molar-refractivity contribution in [2.75, 3.05) is 6.61 Å². The Morgan fingerprint density at radius 2 is 1.23 bits per heavy atom. The van der Waals surface area contributed by atoms with Crippen molar-refractivity contribution in [1.82, 2.24) is 0 Å². The number of carbonyl (C=O) groups excluding carboxylic acids is 1. The van der Waals surface area contributed by atoms with Gasteiger partial charge in [0.15, 0.2) is 0 Å². The van der Waals surface area contributed by atoms with Crippen LogP contribution < -0.4 is 0 Å². The quantitative estimate of drug-likeness (QED) is 0.146. The van der Waals surface area contributed by atoms with Crippen LogP contribution in [0.1, 0.15) is 117 Å². The Bertz CT molecular complexity index is 396. The van der Waals surface area contributed by atoms with Gasteiger partial charge in [0.1, 0.15) is 6.61 Å². The Balaban J connectivity index is 3.21. The topological polar surface area (TPSA) is 50.1 Å². The zero-order valence-electron chi connectivity index (χ0n) is 17.4. The molecule has 3 heteroatoms. The third kappa shape index (κ3) is 19.0. The molecule has 0 spiro atoms. The van der Waals surface area contributed by atoms with Gasteiger partial charge in [-0.1, -0.05) is 96.8 Å². The summed E-state index contributed by atoms with van der Waals surface area (Å²) in [6, 6.07) is 1.94. The van der Waals surface area contributed by atoms with Gasteiger partial charge in [-0.05, 0) is 18.9 Å². The molecule has 0 saturated heterocycles. The zero-order chi connectivity index (χ0) is 19.3. The fourth-order valence-corrected chi connectivity index (χ4v) is 3.06. The molecular weight excluding hydrogens is 322 g/mol. The maximum atomic E-state index is 11.6. The highest BCUT2D eigenvalue weighted by molar-refractivity contribution is 5.69. The summed E-state index contributed by atoms with van der Waals surface area (Å²) in [5.74, 6) is -0.148. The molecular formula is C23H41NO2. The molecule has 0 saturated carbocycles. The molecule has 0 N–H and O–H groups in total. The molecule has 0 radical (unpaired) electrons. The highest BCUT2D eigenvalue weighted by Gasteiger charge is 2.03. The number of rotatable bonds is 18. The smallest absolute Gasteiger partial charge is 0.306 e. The van der Waals surface area contributed by atoms with E-state index in [-0.39, 0.29) is 12.6 Å². The minimum absolute atomic E-state index is 0.148. The Hall–Kier alpha value is -1.30. The third-order valence-corrected chi connectivity index (χ3v) is 4.76. The highest BCUT2D eigenvalue weighted by atomic mass is 16.5. The van der Waals surface area contributed by atoms with Crippen molar-refractivity contribution < 1.29 is 9.53 Å². The van der Waals surface area contributed by atoms with E-state index < -0.39 is 0 Å². The van der Waals surface area contributed by atoms with Crippen LogP contribution in [0.25, 0.3) is 0 Å². The molecule has 0 aliphatic rings. The monoisotopic (exact) mass is 363 g/mol. The lowest BCUT2D eigenvalue weighted by atomic mass is 10.0. The standard InChI is InChI=1S/C23H41NO2/c1-3-4-5-6-7-8-9-10-11-12-13-14-15-16-17-18-23(25)26-21-22(2)19-20-24/h19H,3-18,21H2,1-2H3/b22-19+. The van der Waals surface area contributed by atoms with Crippen LogP contribution in [0.3, 0.4) is 0 Å². The minimum Gasteiger partial charge on any atom is -0.461 e. The normalized spacial score (nSPS) is 11.3. The van der Waals surface area contributed by atoms with Crippen molar-refractivity contribution in [2.45, 2.75) is 117 Å². The summed E-state index contributed by atoms with van der Waals surface area (Å²) >= 11 is 0. The van der Waals surface area contributed by atoms with E-state index in [1.54, 1.807) is 6.92 Å². The molecule has 0 aromatic carbocycles. The largest absolute Gasteiger partial charge is 0.461 e. The van der Waals surface area contributed by atoms with Crippen molar-refractivity contribution in [1.29, 1.82) is 5.26 Å². The van der Waals surface area contributed by atoms with Crippen LogP contribution >= 0.6 is 0 Å². The first-order valence-corrected chi connectivity index (χ1v) is 10.9. The van der Waals surface area contributed by atoms with Crippen molar-refractivity contribution in [3.8, 4) is 6.07 Å². The molecule has 0 amide bonds. The summed E-state index contributed by atoms with van der Waals surface area (Å²) in [7, 11) is 0. The predicted molar refractivity (Wildman–Crippen MR) is 110 cm³/mol. The van der Waals surface area contributed by atoms with E-state index in [0.29, 0.717) is 6.42 Å². The number of hydrogen-bond donors (Lipinski definition) is 0. The Labute approximate surface area is 162 Å². The van der Waals surface area contributed by atoms with Gasteiger partial charge in [0.25, 0.3) is 0 Å². The average molecular weight is 364 g/mol. The first kappa shape index (κ1) is 24.7. The second-order valence-electron chi connectivity index (χ2n) is 7.48. The van der Waals surface area contributed by atoms with E-state index in [4.69, 9.17) is 10.00 Å². The molecule has 0 heterocycles. The van der Waals surface area contributed by atoms with Gasteiger partial charge in [0, 0.05) is 12.5 Å². The molecule has 0 fully saturated rings. The van der Waals surface area contributed by atoms with Gasteiger partial charge >= 0.3 is 5.97 Å². The van der Waals surface area contributed by atoms with Crippen LogP contribution in [0.2, 0.25) is 0 Å². The third-order valence-electron chi connectivity index (χ3n) is 4.76. The van der Waals surface area contributed by atoms with Gasteiger partial charge in [-0.3, -0.25) is 4.79 Å². The summed E-state index contributed by atoms with van der Waals surface area (Å²) in [4.78, 5) is 11.6. The molecule has 0 bridgehead atoms. The summed E-state index contributed by atoms with van der Waals surface area (Å²) in [6.45, 7) is 4.31. The van der Waals surface area contributed by atoms with Crippen molar-refractivity contribution >= 4 is 5.97 Å². The number of nitriles is 1. The van der Waals surface area contributed by atoms with E-state index in [9.17, 15) is 4.79 Å². The summed E-state index contributed by atoms with van der Waals surface area (Å²) < 4.78 is 5.12. The fraction of sp³-hybridized carbons (Fsp3) is 0.826. The lowest BCUT2D eigenvalue weighted by molar-refractivity contribution is -0.142. The van der Waals surface area contributed by atoms with Crippen LogP contribution in [-0.2, 0) is 9.53 Å². The van der Waals surface area contributed by atoms with Crippen molar-refractivity contribution in [3.05, 3.63) is 11.6 Å². The van der Waals surface area contributed by atoms with E-state index in [1.807, 2.05) is 6.07 Å². The molecule has 26 heavy (non-hydrogen) atoms. The molecule has 0 aliphatic carbocycles. The van der Waals surface area contributed by atoms with Crippen molar-refractivity contribution in [2.24, 2.45) is 0 Å². The Morgan fingerprint density at radius 1 is 0.808 bits per heavy atom. The maximum Gasteiger partial charge on any atom is 0.306 e. The number of carbonyl (C=O) groups is 1. The maximum absolute atomic E-state index is 11.6. The molecule has 0 aromatic rings. The Kier molecular flexibility index (Phi) is 19.0. The number of esters is 1. The van der Waals surface area contributed by atoms with Gasteiger partial charge in [0.2, 0.25) is 0 Å². The van der Waals surface area contributed by atoms with Crippen LogP contribution in [0.4, 0.5) is 0 Å². The summed E-state index contributed by atoms with van der Waals surface area (Å²) in [5, 5.41) is 8.49. The van der Waals surface area contributed by atoms with Gasteiger partial charge < -0.3 is 4.74 Å². The SMILES string of the molecule is CCCCCCCCCCCCCCCCCC(=O)OC/C(C)=C/C#N. The molecule has 0 aromatic heterocycles. The number of unbranched alkanes of at least 4 members (excludes halogenated alkanes) is 14. The predicted octanol–water partition coefficient (Wildman–Crippen LogP) is 7.26. The van der Waals surface area contributed by atoms with E-state index >= 15 is 0 Å². The van der Waals surface area contributed by atoms with Gasteiger partial charge in [-0.25, -0.2) is 0 Å². The number of allylic oxidation sites excluding steroid dienone is 1. The fourth-order valence-electron chi connectivity index (χ4n) is 3.06. The first-order valence-electron chi connectivity index (χ1n) is 10.9. The van der Waals surface area contributed by atoms with Gasteiger partial charge in [-0.15, -0.1) is 0 Å². The summed E-state index contributed by atoms with van der Waals surface area (Å²) in [6.07, 6.45) is 21.8. The van der Waals surface area contributed by atoms with E-state index in [1.165, 1.54) is 89.5 Å². The molecule has 0 aliphatic heterocycles. The van der Waals surface area contributed by atoms with Crippen LogP contribution in [-0.4, -0.2) is 12.6 Å². The molecule has 0 atom stereocenters. The number of nitrogens with zero attached hydrogens (tertiary/aromatic N) is 1. The van der Waals surface area contributed by atoms with E-state index in [2.05, 4.69) is 6.92 Å². The average Bonchev–Trinajstić information content (AvgIpc) is 2.63. The van der Waals surface area contributed by atoms with E-state index in [0.717, 1.165) is 18.4 Å². The second-order valence-corrected chi connectivity index (χ2v) is 7.48. The lowest BCUT2D eigenvalue weighted by Crippen LogP contribution is -2.06. The minimum atomic E-state index is -0.148. The molecule has 3 nitrogen and oxygen atoms in total.